The van der Waals surface area contributed by atoms with Gasteiger partial charge in [0.25, 0.3) is 11.2 Å². The Labute approximate surface area is 121 Å². The van der Waals surface area contributed by atoms with E-state index in [1.807, 2.05) is 0 Å². The monoisotopic (exact) mass is 318 g/mol. The van der Waals surface area contributed by atoms with Gasteiger partial charge in [-0.05, 0) is 12.1 Å². The van der Waals surface area contributed by atoms with Crippen molar-refractivity contribution in [1.82, 2.24) is 4.98 Å². The minimum absolute atomic E-state index is 0.0311. The Kier molecular flexibility index (Phi) is 3.80. The molecule has 19 heavy (non-hydrogen) atoms. The molecule has 98 valence electrons. The number of aromatic nitrogens is 1. The summed E-state index contributed by atoms with van der Waals surface area (Å²) in [6, 6.07) is 3.96. The van der Waals surface area contributed by atoms with Crippen LogP contribution in [-0.2, 0) is 0 Å². The lowest BCUT2D eigenvalue weighted by Crippen LogP contribution is -2.09. The van der Waals surface area contributed by atoms with E-state index in [1.165, 1.54) is 12.1 Å². The van der Waals surface area contributed by atoms with Crippen LogP contribution in [0.4, 0.5) is 5.69 Å². The zero-order chi connectivity index (χ0) is 14.2. The van der Waals surface area contributed by atoms with Gasteiger partial charge < -0.3 is 4.98 Å². The Morgan fingerprint density at radius 1 is 1.11 bits per heavy atom. The summed E-state index contributed by atoms with van der Waals surface area (Å²) in [5, 5.41) is 11.3. The molecule has 0 saturated heterocycles. The van der Waals surface area contributed by atoms with Crippen LogP contribution in [0.15, 0.2) is 29.2 Å². The van der Waals surface area contributed by atoms with E-state index in [9.17, 15) is 14.9 Å². The zero-order valence-electron chi connectivity index (χ0n) is 9.12. The third-order valence-electron chi connectivity index (χ3n) is 2.38. The number of halogens is 3. The van der Waals surface area contributed by atoms with Crippen molar-refractivity contribution >= 4 is 40.5 Å². The van der Waals surface area contributed by atoms with Crippen LogP contribution in [0, 0.1) is 10.1 Å². The normalized spacial score (nSPS) is 10.5. The Morgan fingerprint density at radius 3 is 2.42 bits per heavy atom. The maximum absolute atomic E-state index is 11.7. The van der Waals surface area contributed by atoms with E-state index in [0.717, 1.165) is 12.3 Å². The first-order valence-electron chi connectivity index (χ1n) is 4.92. The van der Waals surface area contributed by atoms with Crippen LogP contribution < -0.4 is 5.56 Å². The Bertz CT molecular complexity index is 728. The summed E-state index contributed by atoms with van der Waals surface area (Å²) in [6.07, 6.45) is 1.01. The van der Waals surface area contributed by atoms with Gasteiger partial charge in [-0.25, -0.2) is 0 Å². The summed E-state index contributed by atoms with van der Waals surface area (Å²) >= 11 is 17.7. The lowest BCUT2D eigenvalue weighted by Gasteiger charge is -2.06. The van der Waals surface area contributed by atoms with Crippen LogP contribution >= 0.6 is 34.8 Å². The zero-order valence-corrected chi connectivity index (χ0v) is 11.4. The molecule has 0 unspecified atom stereocenters. The number of rotatable bonds is 2. The molecule has 0 saturated carbocycles. The molecule has 0 aliphatic rings. The number of hydrogen-bond acceptors (Lipinski definition) is 3. The maximum atomic E-state index is 11.7. The molecule has 1 heterocycles. The lowest BCUT2D eigenvalue weighted by atomic mass is 10.1. The standard InChI is InChI=1S/C11H5Cl3N2O3/c12-5-1-7(10(14)9(13)2-5)8-3-6(16(18)19)4-15-11(8)17/h1-4H,(H,15,17). The highest BCUT2D eigenvalue weighted by Crippen LogP contribution is 2.35. The quantitative estimate of drug-likeness (QED) is 0.518. The summed E-state index contributed by atoms with van der Waals surface area (Å²) in [4.78, 5) is 24.1. The summed E-state index contributed by atoms with van der Waals surface area (Å²) < 4.78 is 0. The predicted molar refractivity (Wildman–Crippen MR) is 74.2 cm³/mol. The molecule has 2 aromatic rings. The number of benzene rings is 1. The highest BCUT2D eigenvalue weighted by atomic mass is 35.5. The van der Waals surface area contributed by atoms with Crippen molar-refractivity contribution < 1.29 is 4.92 Å². The molecular formula is C11H5Cl3N2O3. The molecule has 0 aliphatic carbocycles. The SMILES string of the molecule is O=c1[nH]cc([N+](=O)[O-])cc1-c1cc(Cl)cc(Cl)c1Cl. The number of hydrogen-bond donors (Lipinski definition) is 1. The molecule has 0 atom stereocenters. The fourth-order valence-electron chi connectivity index (χ4n) is 1.53. The molecule has 1 aromatic heterocycles. The predicted octanol–water partition coefficient (Wildman–Crippen LogP) is 3.91. The first-order valence-corrected chi connectivity index (χ1v) is 6.05. The van der Waals surface area contributed by atoms with Crippen LogP contribution in [0.5, 0.6) is 0 Å². The van der Waals surface area contributed by atoms with Gasteiger partial charge in [-0.3, -0.25) is 14.9 Å². The minimum atomic E-state index is -0.625. The second-order valence-corrected chi connectivity index (χ2v) is 4.83. The van der Waals surface area contributed by atoms with Crippen molar-refractivity contribution in [3.63, 3.8) is 0 Å². The molecule has 1 aromatic carbocycles. The molecular weight excluding hydrogens is 314 g/mol. The molecule has 0 amide bonds. The summed E-state index contributed by atoms with van der Waals surface area (Å²) in [7, 11) is 0. The lowest BCUT2D eigenvalue weighted by molar-refractivity contribution is -0.385. The molecule has 2 rings (SSSR count). The Hall–Kier alpha value is -1.56. The van der Waals surface area contributed by atoms with Crippen molar-refractivity contribution in [2.45, 2.75) is 0 Å². The van der Waals surface area contributed by atoms with Crippen LogP contribution in [0.2, 0.25) is 15.1 Å². The summed E-state index contributed by atoms with van der Waals surface area (Å²) in [6.45, 7) is 0. The second-order valence-electron chi connectivity index (χ2n) is 3.61. The smallest absolute Gasteiger partial charge is 0.286 e. The van der Waals surface area contributed by atoms with Gasteiger partial charge in [0.1, 0.15) is 0 Å². The largest absolute Gasteiger partial charge is 0.322 e. The second kappa shape index (κ2) is 5.21. The topological polar surface area (TPSA) is 76.0 Å². The van der Waals surface area contributed by atoms with Crippen LogP contribution in [0.3, 0.4) is 0 Å². The Balaban J connectivity index is 2.75. The third-order valence-corrected chi connectivity index (χ3v) is 3.40. The first-order chi connectivity index (χ1) is 8.90. The van der Waals surface area contributed by atoms with Crippen molar-refractivity contribution in [2.24, 2.45) is 0 Å². The molecule has 0 bridgehead atoms. The van der Waals surface area contributed by atoms with Crippen LogP contribution in [0.25, 0.3) is 11.1 Å². The number of nitro groups is 1. The Morgan fingerprint density at radius 2 is 1.79 bits per heavy atom. The van der Waals surface area contributed by atoms with Gasteiger partial charge >= 0.3 is 0 Å². The molecule has 5 nitrogen and oxygen atoms in total. The van der Waals surface area contributed by atoms with Gasteiger partial charge in [-0.15, -0.1) is 0 Å². The van der Waals surface area contributed by atoms with Crippen LogP contribution in [0.1, 0.15) is 0 Å². The first kappa shape index (κ1) is 13.9. The van der Waals surface area contributed by atoms with Gasteiger partial charge in [-0.2, -0.15) is 0 Å². The molecule has 8 heteroatoms. The number of nitrogens with one attached hydrogen (secondary N) is 1. The number of H-pyrrole nitrogens is 1. The van der Waals surface area contributed by atoms with E-state index in [1.54, 1.807) is 0 Å². The van der Waals surface area contributed by atoms with Crippen molar-refractivity contribution in [3.05, 3.63) is 59.9 Å². The van der Waals surface area contributed by atoms with Crippen LogP contribution in [-0.4, -0.2) is 9.91 Å². The average Bonchev–Trinajstić information content (AvgIpc) is 2.34. The molecule has 0 radical (unpaired) electrons. The summed E-state index contributed by atoms with van der Waals surface area (Å²) in [5.74, 6) is 0. The average molecular weight is 320 g/mol. The van der Waals surface area contributed by atoms with E-state index < -0.39 is 10.5 Å². The van der Waals surface area contributed by atoms with Gasteiger partial charge in [0.05, 0.1) is 26.7 Å². The van der Waals surface area contributed by atoms with Gasteiger partial charge in [0.15, 0.2) is 0 Å². The highest BCUT2D eigenvalue weighted by Gasteiger charge is 2.16. The minimum Gasteiger partial charge on any atom is -0.322 e. The summed E-state index contributed by atoms with van der Waals surface area (Å²) in [5.41, 5.74) is -0.514. The van der Waals surface area contributed by atoms with E-state index in [4.69, 9.17) is 34.8 Å². The van der Waals surface area contributed by atoms with E-state index in [2.05, 4.69) is 4.98 Å². The highest BCUT2D eigenvalue weighted by molar-refractivity contribution is 6.45. The van der Waals surface area contributed by atoms with E-state index in [0.29, 0.717) is 0 Å². The van der Waals surface area contributed by atoms with Gasteiger partial charge in [0, 0.05) is 16.7 Å². The van der Waals surface area contributed by atoms with Gasteiger partial charge in [0.2, 0.25) is 0 Å². The van der Waals surface area contributed by atoms with Crippen molar-refractivity contribution in [2.75, 3.05) is 0 Å². The third kappa shape index (κ3) is 2.73. The van der Waals surface area contributed by atoms with Crippen molar-refractivity contribution in [3.8, 4) is 11.1 Å². The molecule has 0 fully saturated rings. The number of pyridine rings is 1. The fourth-order valence-corrected chi connectivity index (χ4v) is 2.23. The number of nitrogens with zero attached hydrogens (tertiary/aromatic N) is 1. The van der Waals surface area contributed by atoms with Crippen molar-refractivity contribution in [1.29, 1.82) is 0 Å². The fraction of sp³-hybridized carbons (Fsp3) is 0. The maximum Gasteiger partial charge on any atom is 0.286 e. The number of aromatic amines is 1. The van der Waals surface area contributed by atoms with E-state index >= 15 is 0 Å². The molecule has 0 aliphatic heterocycles. The molecule has 0 spiro atoms. The molecule has 1 N–H and O–H groups in total. The van der Waals surface area contributed by atoms with Gasteiger partial charge in [-0.1, -0.05) is 34.8 Å². The van der Waals surface area contributed by atoms with E-state index in [-0.39, 0.29) is 31.9 Å².